The van der Waals surface area contributed by atoms with E-state index >= 15 is 0 Å². The van der Waals surface area contributed by atoms with Crippen LogP contribution >= 0.6 is 11.3 Å². The number of esters is 1. The molecule has 0 spiro atoms. The minimum absolute atomic E-state index is 0.108. The lowest BCUT2D eigenvalue weighted by atomic mass is 10.1. The van der Waals surface area contributed by atoms with Crippen molar-refractivity contribution in [3.63, 3.8) is 0 Å². The highest BCUT2D eigenvalue weighted by Crippen LogP contribution is 2.34. The SMILES string of the molecule is CCCOc1ccc(/C=C(\C#N)C(=O)Nc2sc(C(C)C)cc2C(=O)OCC)cc1OC. The highest BCUT2D eigenvalue weighted by atomic mass is 32.1. The number of carbonyl (C=O) groups is 2. The van der Waals surface area contributed by atoms with Gasteiger partial charge in [0.05, 0.1) is 25.9 Å². The first kappa shape index (κ1) is 25.0. The molecule has 0 aliphatic rings. The minimum Gasteiger partial charge on any atom is -0.493 e. The molecule has 0 aliphatic heterocycles. The first-order valence-electron chi connectivity index (χ1n) is 10.4. The Morgan fingerprint density at radius 2 is 1.97 bits per heavy atom. The van der Waals surface area contributed by atoms with Crippen LogP contribution in [0.5, 0.6) is 11.5 Å². The number of benzene rings is 1. The van der Waals surface area contributed by atoms with Crippen molar-refractivity contribution < 1.29 is 23.8 Å². The molecule has 1 N–H and O–H groups in total. The molecular weight excluding hydrogens is 428 g/mol. The maximum atomic E-state index is 12.8. The lowest BCUT2D eigenvalue weighted by Crippen LogP contribution is -2.15. The Bertz CT molecular complexity index is 1030. The van der Waals surface area contributed by atoms with Crippen LogP contribution in [0.25, 0.3) is 6.08 Å². The second kappa shape index (κ2) is 11.9. The number of carbonyl (C=O) groups excluding carboxylic acids is 2. The van der Waals surface area contributed by atoms with Crippen LogP contribution in [-0.2, 0) is 9.53 Å². The second-order valence-electron chi connectivity index (χ2n) is 7.15. The summed E-state index contributed by atoms with van der Waals surface area (Å²) in [5.41, 5.74) is 0.783. The summed E-state index contributed by atoms with van der Waals surface area (Å²) < 4.78 is 16.1. The predicted molar refractivity (Wildman–Crippen MR) is 125 cm³/mol. The van der Waals surface area contributed by atoms with Crippen LogP contribution in [0.15, 0.2) is 29.8 Å². The Kier molecular flexibility index (Phi) is 9.29. The molecular formula is C24H28N2O5S. The largest absolute Gasteiger partial charge is 0.493 e. The van der Waals surface area contributed by atoms with Gasteiger partial charge >= 0.3 is 5.97 Å². The van der Waals surface area contributed by atoms with Gasteiger partial charge in [-0.25, -0.2) is 4.79 Å². The Labute approximate surface area is 192 Å². The summed E-state index contributed by atoms with van der Waals surface area (Å²) in [5, 5.41) is 12.6. The van der Waals surface area contributed by atoms with Crippen LogP contribution in [0.1, 0.15) is 60.8 Å². The molecule has 8 heteroatoms. The number of hydrogen-bond donors (Lipinski definition) is 1. The van der Waals surface area contributed by atoms with Crippen LogP contribution in [0.4, 0.5) is 5.00 Å². The molecule has 170 valence electrons. The van der Waals surface area contributed by atoms with Crippen molar-refractivity contribution in [3.8, 4) is 17.6 Å². The molecule has 0 bridgehead atoms. The maximum absolute atomic E-state index is 12.8. The number of anilines is 1. The fraction of sp³-hybridized carbons (Fsp3) is 0.375. The zero-order valence-corrected chi connectivity index (χ0v) is 19.8. The molecule has 0 radical (unpaired) electrons. The number of amides is 1. The van der Waals surface area contributed by atoms with Crippen molar-refractivity contribution in [2.45, 2.75) is 40.0 Å². The summed E-state index contributed by atoms with van der Waals surface area (Å²) >= 11 is 1.29. The third-order valence-corrected chi connectivity index (χ3v) is 5.72. The molecule has 0 saturated carbocycles. The van der Waals surface area contributed by atoms with Crippen LogP contribution in [-0.4, -0.2) is 32.2 Å². The third kappa shape index (κ3) is 6.34. The highest BCUT2D eigenvalue weighted by molar-refractivity contribution is 7.16. The molecule has 2 rings (SSSR count). The smallest absolute Gasteiger partial charge is 0.341 e. The number of hydrogen-bond acceptors (Lipinski definition) is 7. The van der Waals surface area contributed by atoms with E-state index in [9.17, 15) is 14.9 Å². The van der Waals surface area contributed by atoms with Crippen molar-refractivity contribution in [1.82, 2.24) is 0 Å². The van der Waals surface area contributed by atoms with Gasteiger partial charge < -0.3 is 19.5 Å². The van der Waals surface area contributed by atoms with Crippen LogP contribution < -0.4 is 14.8 Å². The van der Waals surface area contributed by atoms with Crippen molar-refractivity contribution in [1.29, 1.82) is 5.26 Å². The molecule has 1 amide bonds. The predicted octanol–water partition coefficient (Wildman–Crippen LogP) is 5.39. The molecule has 2 aromatic rings. The summed E-state index contributed by atoms with van der Waals surface area (Å²) in [6.45, 7) is 8.49. The maximum Gasteiger partial charge on any atom is 0.341 e. The zero-order chi connectivity index (χ0) is 23.7. The van der Waals surface area contributed by atoms with Crippen LogP contribution in [0, 0.1) is 11.3 Å². The van der Waals surface area contributed by atoms with E-state index in [2.05, 4.69) is 5.32 Å². The number of ether oxygens (including phenoxy) is 3. The van der Waals surface area contributed by atoms with Gasteiger partial charge in [0, 0.05) is 4.88 Å². The van der Waals surface area contributed by atoms with Gasteiger partial charge in [0.15, 0.2) is 11.5 Å². The van der Waals surface area contributed by atoms with Gasteiger partial charge in [0.25, 0.3) is 5.91 Å². The van der Waals surface area contributed by atoms with E-state index in [0.29, 0.717) is 28.7 Å². The number of rotatable bonds is 10. The minimum atomic E-state index is -0.611. The van der Waals surface area contributed by atoms with Gasteiger partial charge in [-0.2, -0.15) is 5.26 Å². The normalized spacial score (nSPS) is 11.1. The van der Waals surface area contributed by atoms with Gasteiger partial charge in [0.2, 0.25) is 0 Å². The van der Waals surface area contributed by atoms with Gasteiger partial charge in [-0.1, -0.05) is 26.8 Å². The van der Waals surface area contributed by atoms with E-state index in [1.165, 1.54) is 24.5 Å². The van der Waals surface area contributed by atoms with Crippen LogP contribution in [0.3, 0.4) is 0 Å². The zero-order valence-electron chi connectivity index (χ0n) is 19.0. The summed E-state index contributed by atoms with van der Waals surface area (Å²) in [6.07, 6.45) is 2.32. The number of methoxy groups -OCH3 is 1. The average molecular weight is 457 g/mol. The fourth-order valence-corrected chi connectivity index (χ4v) is 3.78. The molecule has 0 unspecified atom stereocenters. The molecule has 0 saturated heterocycles. The number of nitrogens with zero attached hydrogens (tertiary/aromatic N) is 1. The molecule has 1 aromatic heterocycles. The summed E-state index contributed by atoms with van der Waals surface area (Å²) in [5.74, 6) is 0.148. The van der Waals surface area contributed by atoms with Crippen molar-refractivity contribution in [2.75, 3.05) is 25.6 Å². The molecule has 1 aromatic carbocycles. The first-order valence-corrected chi connectivity index (χ1v) is 11.2. The Hall–Kier alpha value is -3.31. The topological polar surface area (TPSA) is 97.7 Å². The quantitative estimate of drug-likeness (QED) is 0.292. The van der Waals surface area contributed by atoms with Gasteiger partial charge in [-0.05, 0) is 49.1 Å². The molecule has 7 nitrogen and oxygen atoms in total. The summed E-state index contributed by atoms with van der Waals surface area (Å²) in [6, 6.07) is 8.82. The van der Waals surface area contributed by atoms with Gasteiger partial charge in [0.1, 0.15) is 16.6 Å². The van der Waals surface area contributed by atoms with E-state index in [4.69, 9.17) is 14.2 Å². The van der Waals surface area contributed by atoms with Gasteiger partial charge in [-0.3, -0.25) is 4.79 Å². The molecule has 0 fully saturated rings. The highest BCUT2D eigenvalue weighted by Gasteiger charge is 2.21. The Morgan fingerprint density at radius 1 is 1.22 bits per heavy atom. The van der Waals surface area contributed by atoms with Crippen molar-refractivity contribution in [2.24, 2.45) is 0 Å². The summed E-state index contributed by atoms with van der Waals surface area (Å²) in [4.78, 5) is 26.1. The molecule has 0 atom stereocenters. The van der Waals surface area contributed by atoms with Crippen molar-refractivity contribution in [3.05, 3.63) is 45.8 Å². The monoisotopic (exact) mass is 456 g/mol. The Morgan fingerprint density at radius 3 is 2.56 bits per heavy atom. The van der Waals surface area contributed by atoms with E-state index in [1.807, 2.05) is 26.8 Å². The van der Waals surface area contributed by atoms with E-state index in [0.717, 1.165) is 11.3 Å². The lowest BCUT2D eigenvalue weighted by Gasteiger charge is -2.10. The van der Waals surface area contributed by atoms with Crippen molar-refractivity contribution >= 4 is 34.3 Å². The van der Waals surface area contributed by atoms with E-state index in [-0.39, 0.29) is 23.7 Å². The standard InChI is InChI=1S/C24H28N2O5S/c1-6-10-31-19-9-8-16(12-20(19)29-5)11-17(14-25)22(27)26-23-18(24(28)30-7-2)13-21(32-23)15(3)4/h8-9,11-13,15H,6-7,10H2,1-5H3,(H,26,27)/b17-11+. The lowest BCUT2D eigenvalue weighted by molar-refractivity contribution is -0.112. The third-order valence-electron chi connectivity index (χ3n) is 4.37. The number of thiophene rings is 1. The van der Waals surface area contributed by atoms with Crippen LogP contribution in [0.2, 0.25) is 0 Å². The average Bonchev–Trinajstić information content (AvgIpc) is 3.20. The first-order chi connectivity index (χ1) is 15.3. The second-order valence-corrected chi connectivity index (χ2v) is 8.23. The fourth-order valence-electron chi connectivity index (χ4n) is 2.74. The van der Waals surface area contributed by atoms with E-state index in [1.54, 1.807) is 31.2 Å². The van der Waals surface area contributed by atoms with E-state index < -0.39 is 11.9 Å². The Balaban J connectivity index is 2.31. The molecule has 0 aliphatic carbocycles. The van der Waals surface area contributed by atoms with Gasteiger partial charge in [-0.15, -0.1) is 11.3 Å². The molecule has 32 heavy (non-hydrogen) atoms. The summed E-state index contributed by atoms with van der Waals surface area (Å²) in [7, 11) is 1.53. The molecule has 1 heterocycles. The number of nitrogens with one attached hydrogen (secondary N) is 1. The number of nitriles is 1.